The molecule has 0 aliphatic carbocycles. The maximum Gasteiger partial charge on any atom is 0.344 e. The van der Waals surface area contributed by atoms with E-state index in [-0.39, 0.29) is 29.3 Å². The number of carbonyl (C=O) groups is 3. The van der Waals surface area contributed by atoms with Crippen molar-refractivity contribution in [2.45, 2.75) is 19.6 Å². The number of carboxylic acids is 1. The zero-order chi connectivity index (χ0) is 21.8. The Hall–Kier alpha value is -3.88. The van der Waals surface area contributed by atoms with Gasteiger partial charge in [-0.2, -0.15) is 0 Å². The van der Waals surface area contributed by atoms with Gasteiger partial charge in [-0.05, 0) is 36.8 Å². The van der Waals surface area contributed by atoms with E-state index in [0.717, 1.165) is 4.90 Å². The summed E-state index contributed by atoms with van der Waals surface area (Å²) in [5, 5.41) is 11.4. The van der Waals surface area contributed by atoms with Crippen molar-refractivity contribution in [3.8, 4) is 11.5 Å². The lowest BCUT2D eigenvalue weighted by molar-refractivity contribution is -0.144. The highest BCUT2D eigenvalue weighted by Gasteiger charge is 2.34. The Labute approximate surface area is 171 Å². The Morgan fingerprint density at radius 2 is 1.97 bits per heavy atom. The molecule has 1 heterocycles. The lowest BCUT2D eigenvalue weighted by Gasteiger charge is -2.14. The predicted molar refractivity (Wildman–Crippen MR) is 104 cm³/mol. The number of benzene rings is 2. The topological polar surface area (TPSA) is 105 Å². The molecule has 0 spiro atoms. The summed E-state index contributed by atoms with van der Waals surface area (Å²) in [6.07, 6.45) is 0.361. The van der Waals surface area contributed by atoms with E-state index >= 15 is 0 Å². The second-order valence-electron chi connectivity index (χ2n) is 6.48. The average Bonchev–Trinajstić information content (AvgIpc) is 2.97. The minimum Gasteiger partial charge on any atom is -0.493 e. The van der Waals surface area contributed by atoms with Crippen LogP contribution < -0.4 is 14.8 Å². The molecule has 2 aromatic rings. The number of carbonyl (C=O) groups excluding carboxylic acids is 2. The summed E-state index contributed by atoms with van der Waals surface area (Å²) in [6.45, 7) is 1.19. The Kier molecular flexibility index (Phi) is 6.01. The lowest BCUT2D eigenvalue weighted by Crippen LogP contribution is -2.30. The first kappa shape index (κ1) is 20.8. The first-order valence-electron chi connectivity index (χ1n) is 8.95. The van der Waals surface area contributed by atoms with Gasteiger partial charge in [0, 0.05) is 5.56 Å². The maximum absolute atomic E-state index is 13.9. The van der Waals surface area contributed by atoms with Crippen LogP contribution in [0.1, 0.15) is 18.1 Å². The molecule has 0 saturated carbocycles. The second kappa shape index (κ2) is 8.64. The summed E-state index contributed by atoms with van der Waals surface area (Å²) in [4.78, 5) is 36.7. The molecule has 1 aliphatic heterocycles. The number of nitrogens with one attached hydrogen (secondary N) is 1. The van der Waals surface area contributed by atoms with Crippen LogP contribution in [0.2, 0.25) is 0 Å². The number of urea groups is 1. The van der Waals surface area contributed by atoms with Crippen LogP contribution in [0.5, 0.6) is 11.5 Å². The van der Waals surface area contributed by atoms with E-state index in [1.807, 2.05) is 0 Å². The summed E-state index contributed by atoms with van der Waals surface area (Å²) < 4.78 is 24.4. The van der Waals surface area contributed by atoms with Crippen LogP contribution in [0.15, 0.2) is 48.2 Å². The fourth-order valence-corrected chi connectivity index (χ4v) is 2.79. The second-order valence-corrected chi connectivity index (χ2v) is 6.48. The summed E-state index contributed by atoms with van der Waals surface area (Å²) in [6, 6.07) is 9.86. The molecule has 3 amide bonds. The van der Waals surface area contributed by atoms with Gasteiger partial charge in [0.15, 0.2) is 17.6 Å². The molecule has 3 rings (SSSR count). The number of nitrogens with zero attached hydrogens (tertiary/aromatic N) is 1. The molecule has 0 aromatic heterocycles. The Bertz CT molecular complexity index is 1040. The number of imide groups is 1. The lowest BCUT2D eigenvalue weighted by atomic mass is 10.1. The molecular formula is C21H19FN2O6. The number of halogens is 1. The molecule has 9 heteroatoms. The third kappa shape index (κ3) is 4.40. The van der Waals surface area contributed by atoms with Gasteiger partial charge in [-0.15, -0.1) is 0 Å². The van der Waals surface area contributed by atoms with Crippen molar-refractivity contribution in [3.63, 3.8) is 0 Å². The van der Waals surface area contributed by atoms with Crippen molar-refractivity contribution in [3.05, 3.63) is 65.1 Å². The molecular weight excluding hydrogens is 395 g/mol. The highest BCUT2D eigenvalue weighted by Crippen LogP contribution is 2.30. The Morgan fingerprint density at radius 1 is 1.23 bits per heavy atom. The van der Waals surface area contributed by atoms with Crippen LogP contribution >= 0.6 is 0 Å². The van der Waals surface area contributed by atoms with E-state index < -0.39 is 29.8 Å². The van der Waals surface area contributed by atoms with E-state index in [9.17, 15) is 18.8 Å². The van der Waals surface area contributed by atoms with Crippen LogP contribution in [0.3, 0.4) is 0 Å². The van der Waals surface area contributed by atoms with E-state index in [1.165, 1.54) is 50.4 Å². The molecule has 2 N–H and O–H groups in total. The van der Waals surface area contributed by atoms with Crippen LogP contribution in [-0.4, -0.2) is 41.1 Å². The summed E-state index contributed by atoms with van der Waals surface area (Å²) in [5.41, 5.74) is 0.752. The first-order chi connectivity index (χ1) is 14.3. The number of amides is 3. The number of hydrogen-bond acceptors (Lipinski definition) is 5. The van der Waals surface area contributed by atoms with Gasteiger partial charge in [0.05, 0.1) is 13.7 Å². The quantitative estimate of drug-likeness (QED) is 0.533. The van der Waals surface area contributed by atoms with Crippen LogP contribution in [0, 0.1) is 5.82 Å². The van der Waals surface area contributed by atoms with Gasteiger partial charge in [-0.25, -0.2) is 14.0 Å². The maximum atomic E-state index is 13.9. The van der Waals surface area contributed by atoms with Crippen molar-refractivity contribution in [2.75, 3.05) is 7.11 Å². The molecule has 8 nitrogen and oxygen atoms in total. The normalized spacial score (nSPS) is 15.8. The van der Waals surface area contributed by atoms with Gasteiger partial charge < -0.3 is 19.9 Å². The number of hydrogen-bond donors (Lipinski definition) is 2. The summed E-state index contributed by atoms with van der Waals surface area (Å²) in [5.74, 6) is -1.75. The minimum atomic E-state index is -1.13. The Balaban J connectivity index is 1.81. The molecule has 2 aromatic carbocycles. The number of methoxy groups -OCH3 is 1. The number of ether oxygens (including phenoxy) is 2. The fraction of sp³-hybridized carbons (Fsp3) is 0.190. The van der Waals surface area contributed by atoms with Gasteiger partial charge in [0.1, 0.15) is 11.5 Å². The zero-order valence-electron chi connectivity index (χ0n) is 16.2. The van der Waals surface area contributed by atoms with Gasteiger partial charge >= 0.3 is 12.0 Å². The van der Waals surface area contributed by atoms with Crippen molar-refractivity contribution in [2.24, 2.45) is 0 Å². The SMILES string of the molecule is COc1cc(/C=C2\NC(=O)N(Cc3ccccc3F)C2=O)ccc1O[C@@H](C)C(=O)O. The highest BCUT2D eigenvalue weighted by atomic mass is 19.1. The van der Waals surface area contributed by atoms with Gasteiger partial charge in [-0.3, -0.25) is 9.69 Å². The number of aliphatic carboxylic acids is 1. The van der Waals surface area contributed by atoms with Crippen molar-refractivity contribution in [1.29, 1.82) is 0 Å². The highest BCUT2D eigenvalue weighted by molar-refractivity contribution is 6.13. The molecule has 1 saturated heterocycles. The molecule has 1 aliphatic rings. The third-order valence-electron chi connectivity index (χ3n) is 4.40. The largest absolute Gasteiger partial charge is 0.493 e. The molecule has 30 heavy (non-hydrogen) atoms. The monoisotopic (exact) mass is 414 g/mol. The Morgan fingerprint density at radius 3 is 2.63 bits per heavy atom. The molecule has 0 bridgehead atoms. The van der Waals surface area contributed by atoms with E-state index in [1.54, 1.807) is 12.1 Å². The van der Waals surface area contributed by atoms with E-state index in [4.69, 9.17) is 14.6 Å². The van der Waals surface area contributed by atoms with Gasteiger partial charge in [0.2, 0.25) is 0 Å². The van der Waals surface area contributed by atoms with Crippen molar-refractivity contribution in [1.82, 2.24) is 10.2 Å². The van der Waals surface area contributed by atoms with Gasteiger partial charge in [0.25, 0.3) is 5.91 Å². The van der Waals surface area contributed by atoms with E-state index in [2.05, 4.69) is 5.32 Å². The minimum absolute atomic E-state index is 0.0194. The first-order valence-corrected chi connectivity index (χ1v) is 8.95. The summed E-state index contributed by atoms with van der Waals surface area (Å²) in [7, 11) is 1.39. The molecule has 0 radical (unpaired) electrons. The fourth-order valence-electron chi connectivity index (χ4n) is 2.79. The molecule has 1 fully saturated rings. The van der Waals surface area contributed by atoms with E-state index in [0.29, 0.717) is 5.56 Å². The molecule has 156 valence electrons. The predicted octanol–water partition coefficient (Wildman–Crippen LogP) is 2.78. The summed E-state index contributed by atoms with van der Waals surface area (Å²) >= 11 is 0. The van der Waals surface area contributed by atoms with Crippen LogP contribution in [0.25, 0.3) is 6.08 Å². The van der Waals surface area contributed by atoms with Crippen LogP contribution in [0.4, 0.5) is 9.18 Å². The standard InChI is InChI=1S/C21H19FN2O6/c1-12(20(26)27)30-17-8-7-13(10-18(17)29-2)9-16-19(25)24(21(28)23-16)11-14-5-3-4-6-15(14)22/h3-10,12H,11H2,1-2H3,(H,23,28)(H,26,27)/b16-9-/t12-/m0/s1. The van der Waals surface area contributed by atoms with Gasteiger partial charge in [-0.1, -0.05) is 24.3 Å². The average molecular weight is 414 g/mol. The third-order valence-corrected chi connectivity index (χ3v) is 4.40. The number of rotatable bonds is 7. The smallest absolute Gasteiger partial charge is 0.344 e. The molecule has 1 atom stereocenters. The van der Waals surface area contributed by atoms with Crippen molar-refractivity contribution >= 4 is 24.0 Å². The van der Waals surface area contributed by atoms with Crippen LogP contribution in [-0.2, 0) is 16.1 Å². The number of carboxylic acid groups (broad SMARTS) is 1. The van der Waals surface area contributed by atoms with Crippen molar-refractivity contribution < 1.29 is 33.4 Å². The molecule has 0 unspecified atom stereocenters. The zero-order valence-corrected chi connectivity index (χ0v) is 16.2.